The summed E-state index contributed by atoms with van der Waals surface area (Å²) in [5, 5.41) is 2.44. The number of amides is 1. The Morgan fingerprint density at radius 1 is 1.11 bits per heavy atom. The van der Waals surface area contributed by atoms with Crippen LogP contribution in [0.4, 0.5) is 5.13 Å². The average Bonchev–Trinajstić information content (AvgIpc) is 3.31. The van der Waals surface area contributed by atoms with E-state index < -0.39 is 9.84 Å². The summed E-state index contributed by atoms with van der Waals surface area (Å²) in [5.41, 5.74) is 1.10. The van der Waals surface area contributed by atoms with Gasteiger partial charge in [-0.1, -0.05) is 35.6 Å². The first-order valence-electron chi connectivity index (χ1n) is 11.6. The van der Waals surface area contributed by atoms with Gasteiger partial charge in [0.1, 0.15) is 5.75 Å². The molecular weight excluding hydrogens is 498 g/mol. The topological polar surface area (TPSA) is 89.0 Å². The number of carbonyl (C=O) groups is 1. The Balaban J connectivity index is 1.55. The zero-order valence-corrected chi connectivity index (χ0v) is 21.8. The Bertz CT molecular complexity index is 1530. The summed E-state index contributed by atoms with van der Waals surface area (Å²) in [6.45, 7) is 4.03. The van der Waals surface area contributed by atoms with E-state index in [-0.39, 0.29) is 10.8 Å². The van der Waals surface area contributed by atoms with Crippen LogP contribution in [0.5, 0.6) is 5.75 Å². The lowest BCUT2D eigenvalue weighted by Gasteiger charge is -2.29. The number of thiazole rings is 1. The predicted octanol–water partition coefficient (Wildman–Crippen LogP) is 3.84. The first kappa shape index (κ1) is 24.6. The van der Waals surface area contributed by atoms with Gasteiger partial charge < -0.3 is 9.47 Å². The smallest absolute Gasteiger partial charge is 0.263 e. The summed E-state index contributed by atoms with van der Waals surface area (Å²) in [6.07, 6.45) is 1.18. The Hall–Kier alpha value is -3.05. The van der Waals surface area contributed by atoms with E-state index in [2.05, 4.69) is 4.90 Å². The monoisotopic (exact) mass is 525 g/mol. The van der Waals surface area contributed by atoms with Gasteiger partial charge in [0.05, 0.1) is 41.0 Å². The van der Waals surface area contributed by atoms with Crippen LogP contribution >= 0.6 is 11.3 Å². The fourth-order valence-corrected chi connectivity index (χ4v) is 6.04. The highest BCUT2D eigenvalue weighted by Crippen LogP contribution is 2.33. The van der Waals surface area contributed by atoms with Crippen molar-refractivity contribution in [2.24, 2.45) is 0 Å². The molecule has 0 saturated carbocycles. The molecule has 5 rings (SSSR count). The van der Waals surface area contributed by atoms with Crippen molar-refractivity contribution in [3.05, 3.63) is 60.2 Å². The van der Waals surface area contributed by atoms with Crippen molar-refractivity contribution in [3.63, 3.8) is 0 Å². The largest absolute Gasteiger partial charge is 0.496 e. The molecule has 1 amide bonds. The number of fused-ring (bicyclic) bond motifs is 2. The van der Waals surface area contributed by atoms with Gasteiger partial charge in [0.2, 0.25) is 0 Å². The molecule has 0 unspecified atom stereocenters. The van der Waals surface area contributed by atoms with Crippen LogP contribution in [0.2, 0.25) is 0 Å². The fourth-order valence-electron chi connectivity index (χ4n) is 4.29. The van der Waals surface area contributed by atoms with E-state index in [1.165, 1.54) is 17.6 Å². The lowest BCUT2D eigenvalue weighted by Crippen LogP contribution is -2.43. The van der Waals surface area contributed by atoms with Gasteiger partial charge >= 0.3 is 0 Å². The summed E-state index contributed by atoms with van der Waals surface area (Å²) < 4.78 is 35.9. The molecule has 0 atom stereocenters. The number of hydrogen-bond donors (Lipinski definition) is 0. The molecular formula is C26H27N3O5S2. The number of anilines is 1. The molecule has 0 spiro atoms. The van der Waals surface area contributed by atoms with Gasteiger partial charge in [-0.25, -0.2) is 13.4 Å². The maximum atomic E-state index is 14.0. The standard InChI is InChI=1S/C26H27N3O5S2/c1-33-23-16-19-6-4-3-5-18(19)15-21(23)25(30)29(10-9-28-11-13-34-14-12-28)26-27-22-8-7-20(36(2,31)32)17-24(22)35-26/h3-8,15-17H,9-14H2,1-2H3. The molecule has 0 radical (unpaired) electrons. The van der Waals surface area contributed by atoms with Crippen molar-refractivity contribution in [2.75, 3.05) is 57.7 Å². The molecule has 3 aromatic carbocycles. The van der Waals surface area contributed by atoms with Gasteiger partial charge in [0, 0.05) is 32.4 Å². The van der Waals surface area contributed by atoms with Crippen LogP contribution in [-0.2, 0) is 14.6 Å². The van der Waals surface area contributed by atoms with E-state index in [1.54, 1.807) is 30.2 Å². The molecule has 2 heterocycles. The van der Waals surface area contributed by atoms with E-state index in [0.717, 1.165) is 23.9 Å². The number of hydrogen-bond acceptors (Lipinski definition) is 8. The van der Waals surface area contributed by atoms with E-state index in [0.29, 0.717) is 53.0 Å². The summed E-state index contributed by atoms with van der Waals surface area (Å²) in [6, 6.07) is 16.4. The third kappa shape index (κ3) is 5.08. The van der Waals surface area contributed by atoms with Crippen molar-refractivity contribution in [1.82, 2.24) is 9.88 Å². The zero-order chi connectivity index (χ0) is 25.3. The summed E-state index contributed by atoms with van der Waals surface area (Å²) in [4.78, 5) is 22.9. The molecule has 1 fully saturated rings. The third-order valence-corrected chi connectivity index (χ3v) is 8.45. The molecule has 1 aromatic heterocycles. The number of benzene rings is 3. The van der Waals surface area contributed by atoms with Gasteiger partial charge in [-0.05, 0) is 41.1 Å². The van der Waals surface area contributed by atoms with Crippen LogP contribution in [0, 0.1) is 0 Å². The van der Waals surface area contributed by atoms with Crippen molar-refractivity contribution in [2.45, 2.75) is 4.90 Å². The Kier molecular flexibility index (Phi) is 6.94. The molecule has 4 aromatic rings. The number of methoxy groups -OCH3 is 1. The van der Waals surface area contributed by atoms with Crippen molar-refractivity contribution < 1.29 is 22.7 Å². The van der Waals surface area contributed by atoms with E-state index >= 15 is 0 Å². The van der Waals surface area contributed by atoms with Gasteiger partial charge in [-0.2, -0.15) is 0 Å². The highest BCUT2D eigenvalue weighted by Gasteiger charge is 2.26. The molecule has 188 valence electrons. The van der Waals surface area contributed by atoms with Gasteiger partial charge in [-0.3, -0.25) is 14.6 Å². The SMILES string of the molecule is COc1cc2ccccc2cc1C(=O)N(CCN1CCOCC1)c1nc2ccc(S(C)(=O)=O)cc2s1. The molecule has 10 heteroatoms. The maximum Gasteiger partial charge on any atom is 0.263 e. The van der Waals surface area contributed by atoms with Crippen LogP contribution in [0.25, 0.3) is 21.0 Å². The summed E-state index contributed by atoms with van der Waals surface area (Å²) in [5.74, 6) is 0.281. The molecule has 1 saturated heterocycles. The second-order valence-electron chi connectivity index (χ2n) is 8.71. The van der Waals surface area contributed by atoms with Gasteiger partial charge in [0.15, 0.2) is 15.0 Å². The molecule has 8 nitrogen and oxygen atoms in total. The molecule has 36 heavy (non-hydrogen) atoms. The second-order valence-corrected chi connectivity index (χ2v) is 11.7. The number of aromatic nitrogens is 1. The molecule has 0 N–H and O–H groups in total. The number of sulfone groups is 1. The normalized spacial score (nSPS) is 14.8. The molecule has 1 aliphatic heterocycles. The lowest BCUT2D eigenvalue weighted by atomic mass is 10.0. The number of rotatable bonds is 7. The number of morpholine rings is 1. The van der Waals surface area contributed by atoms with E-state index in [1.807, 2.05) is 36.4 Å². The minimum Gasteiger partial charge on any atom is -0.496 e. The van der Waals surface area contributed by atoms with Gasteiger partial charge in [0.25, 0.3) is 5.91 Å². The maximum absolute atomic E-state index is 14.0. The molecule has 0 bridgehead atoms. The third-order valence-electron chi connectivity index (χ3n) is 6.29. The van der Waals surface area contributed by atoms with Crippen LogP contribution in [0.3, 0.4) is 0 Å². The summed E-state index contributed by atoms with van der Waals surface area (Å²) >= 11 is 1.31. The predicted molar refractivity (Wildman–Crippen MR) is 142 cm³/mol. The first-order valence-corrected chi connectivity index (χ1v) is 14.3. The first-order chi connectivity index (χ1) is 17.3. The van der Waals surface area contributed by atoms with Crippen molar-refractivity contribution >= 4 is 53.2 Å². The highest BCUT2D eigenvalue weighted by atomic mass is 32.2. The minimum atomic E-state index is -3.36. The van der Waals surface area contributed by atoms with Crippen LogP contribution in [0.1, 0.15) is 10.4 Å². The van der Waals surface area contributed by atoms with E-state index in [4.69, 9.17) is 14.5 Å². The fraction of sp³-hybridized carbons (Fsp3) is 0.308. The quantitative estimate of drug-likeness (QED) is 0.362. The van der Waals surface area contributed by atoms with Crippen LogP contribution < -0.4 is 9.64 Å². The Morgan fingerprint density at radius 3 is 2.53 bits per heavy atom. The van der Waals surface area contributed by atoms with Crippen molar-refractivity contribution in [1.29, 1.82) is 0 Å². The average molecular weight is 526 g/mol. The number of ether oxygens (including phenoxy) is 2. The number of carbonyl (C=O) groups excluding carboxylic acids is 1. The highest BCUT2D eigenvalue weighted by molar-refractivity contribution is 7.90. The van der Waals surface area contributed by atoms with Crippen molar-refractivity contribution in [3.8, 4) is 5.75 Å². The molecule has 1 aliphatic rings. The van der Waals surface area contributed by atoms with Gasteiger partial charge in [-0.15, -0.1) is 0 Å². The van der Waals surface area contributed by atoms with E-state index in [9.17, 15) is 13.2 Å². The Labute approximate surface area is 214 Å². The summed E-state index contributed by atoms with van der Waals surface area (Å²) in [7, 11) is -1.80. The number of nitrogens with zero attached hydrogens (tertiary/aromatic N) is 3. The lowest BCUT2D eigenvalue weighted by molar-refractivity contribution is 0.0391. The Morgan fingerprint density at radius 2 is 1.83 bits per heavy atom. The molecule has 0 aliphatic carbocycles. The van der Waals surface area contributed by atoms with Crippen LogP contribution in [0.15, 0.2) is 59.5 Å². The zero-order valence-electron chi connectivity index (χ0n) is 20.1. The van der Waals surface area contributed by atoms with Crippen LogP contribution in [-0.4, -0.2) is 77.0 Å². The minimum absolute atomic E-state index is 0.215. The second kappa shape index (κ2) is 10.1.